The molecule has 8 heteroatoms. The number of likely N-dealkylation sites (tertiary alicyclic amines) is 1. The SMILES string of the molecule is CN1CCC[C@H]1COc1nc(N2CCNCC2)c2c(c1C#N)CN(c1cncc3ccccc13)CC2. The lowest BCUT2D eigenvalue weighted by molar-refractivity contribution is 0.193. The number of likely N-dealkylation sites (N-methyl/N-ethyl adjacent to an activating group) is 1. The fourth-order valence-electron chi connectivity index (χ4n) is 5.87. The summed E-state index contributed by atoms with van der Waals surface area (Å²) in [6.45, 7) is 6.86. The van der Waals surface area contributed by atoms with E-state index in [4.69, 9.17) is 9.72 Å². The van der Waals surface area contributed by atoms with E-state index in [1.807, 2.05) is 18.5 Å². The molecule has 3 aliphatic heterocycles. The minimum absolute atomic E-state index is 0.371. The topological polar surface area (TPSA) is 80.5 Å². The number of ether oxygens (including phenoxy) is 1. The fourth-order valence-corrected chi connectivity index (χ4v) is 5.87. The van der Waals surface area contributed by atoms with Crippen molar-refractivity contribution in [2.45, 2.75) is 31.8 Å². The molecule has 2 fully saturated rings. The number of anilines is 2. The number of hydrogen-bond acceptors (Lipinski definition) is 8. The Hall–Kier alpha value is -3.41. The van der Waals surface area contributed by atoms with Gasteiger partial charge in [0.05, 0.1) is 11.9 Å². The van der Waals surface area contributed by atoms with Crippen LogP contribution >= 0.6 is 0 Å². The fraction of sp³-hybridized carbons (Fsp3) is 0.464. The van der Waals surface area contributed by atoms with Crippen molar-refractivity contribution >= 4 is 22.3 Å². The van der Waals surface area contributed by atoms with Crippen LogP contribution in [0.15, 0.2) is 36.7 Å². The number of piperazine rings is 1. The minimum Gasteiger partial charge on any atom is -0.475 e. The molecule has 6 rings (SSSR count). The maximum absolute atomic E-state index is 10.3. The summed E-state index contributed by atoms with van der Waals surface area (Å²) in [5, 5.41) is 16.1. The Morgan fingerprint density at radius 1 is 1.08 bits per heavy atom. The number of hydrogen-bond donors (Lipinski definition) is 1. The van der Waals surface area contributed by atoms with Gasteiger partial charge in [-0.1, -0.05) is 24.3 Å². The van der Waals surface area contributed by atoms with Gasteiger partial charge in [0.2, 0.25) is 5.88 Å². The highest BCUT2D eigenvalue weighted by Crippen LogP contribution is 2.38. The van der Waals surface area contributed by atoms with Crippen LogP contribution in [-0.4, -0.2) is 73.8 Å². The lowest BCUT2D eigenvalue weighted by atomic mass is 9.95. The molecule has 0 bridgehead atoms. The van der Waals surface area contributed by atoms with E-state index in [9.17, 15) is 5.26 Å². The van der Waals surface area contributed by atoms with Gasteiger partial charge in [-0.2, -0.15) is 10.2 Å². The smallest absolute Gasteiger partial charge is 0.234 e. The maximum atomic E-state index is 10.3. The van der Waals surface area contributed by atoms with Crippen LogP contribution in [0.1, 0.15) is 29.5 Å². The molecule has 36 heavy (non-hydrogen) atoms. The van der Waals surface area contributed by atoms with Gasteiger partial charge >= 0.3 is 0 Å². The van der Waals surface area contributed by atoms with Gasteiger partial charge in [0.15, 0.2) is 0 Å². The quantitative estimate of drug-likeness (QED) is 0.593. The molecule has 0 unspecified atom stereocenters. The summed E-state index contributed by atoms with van der Waals surface area (Å²) in [6.07, 6.45) is 7.01. The summed E-state index contributed by atoms with van der Waals surface area (Å²) < 4.78 is 6.34. The first-order chi connectivity index (χ1) is 17.7. The van der Waals surface area contributed by atoms with Crippen molar-refractivity contribution in [3.8, 4) is 11.9 Å². The van der Waals surface area contributed by atoms with E-state index in [1.165, 1.54) is 17.4 Å². The van der Waals surface area contributed by atoms with Gasteiger partial charge in [0, 0.05) is 73.4 Å². The zero-order valence-corrected chi connectivity index (χ0v) is 20.9. The summed E-state index contributed by atoms with van der Waals surface area (Å²) in [4.78, 5) is 16.6. The lowest BCUT2D eigenvalue weighted by Crippen LogP contribution is -2.45. The highest BCUT2D eigenvalue weighted by atomic mass is 16.5. The Bertz CT molecular complexity index is 1290. The lowest BCUT2D eigenvalue weighted by Gasteiger charge is -2.36. The molecule has 5 heterocycles. The molecular weight excluding hydrogens is 450 g/mol. The van der Waals surface area contributed by atoms with Crippen LogP contribution in [-0.2, 0) is 13.0 Å². The Morgan fingerprint density at radius 2 is 1.94 bits per heavy atom. The summed E-state index contributed by atoms with van der Waals surface area (Å²) in [5.41, 5.74) is 3.94. The van der Waals surface area contributed by atoms with Crippen molar-refractivity contribution < 1.29 is 4.74 Å². The molecule has 1 N–H and O–H groups in total. The number of fused-ring (bicyclic) bond motifs is 2. The predicted octanol–water partition coefficient (Wildman–Crippen LogP) is 2.95. The van der Waals surface area contributed by atoms with Crippen molar-refractivity contribution in [1.82, 2.24) is 20.2 Å². The number of benzene rings is 1. The molecule has 8 nitrogen and oxygen atoms in total. The molecule has 0 radical (unpaired) electrons. The van der Waals surface area contributed by atoms with Crippen molar-refractivity contribution in [3.63, 3.8) is 0 Å². The second-order valence-corrected chi connectivity index (χ2v) is 10.1. The van der Waals surface area contributed by atoms with Gasteiger partial charge in [-0.25, -0.2) is 0 Å². The van der Waals surface area contributed by atoms with Crippen molar-refractivity contribution in [1.29, 1.82) is 5.26 Å². The first kappa shape index (κ1) is 23.0. The molecule has 2 aromatic heterocycles. The Kier molecular flexibility index (Phi) is 6.34. The van der Waals surface area contributed by atoms with Gasteiger partial charge in [0.1, 0.15) is 24.1 Å². The van der Waals surface area contributed by atoms with E-state index < -0.39 is 0 Å². The van der Waals surface area contributed by atoms with Crippen LogP contribution in [0.2, 0.25) is 0 Å². The van der Waals surface area contributed by atoms with Gasteiger partial charge < -0.3 is 24.8 Å². The van der Waals surface area contributed by atoms with E-state index in [2.05, 4.69) is 56.3 Å². The van der Waals surface area contributed by atoms with Crippen LogP contribution in [0.5, 0.6) is 5.88 Å². The Morgan fingerprint density at radius 3 is 2.75 bits per heavy atom. The average Bonchev–Trinajstić information content (AvgIpc) is 3.35. The molecule has 1 aromatic carbocycles. The van der Waals surface area contributed by atoms with E-state index in [0.29, 0.717) is 30.6 Å². The number of rotatable bonds is 5. The molecule has 186 valence electrons. The van der Waals surface area contributed by atoms with Crippen LogP contribution in [0.3, 0.4) is 0 Å². The molecule has 0 spiro atoms. The van der Waals surface area contributed by atoms with Crippen LogP contribution in [0.4, 0.5) is 11.5 Å². The third-order valence-electron chi connectivity index (χ3n) is 7.94. The standard InChI is InChI=1S/C28H33N7O/c1-33-11-4-6-21(33)19-36-28-24(15-29)25-18-35(26-17-31-16-20-5-2-3-7-22(20)26)12-8-23(25)27(32-28)34-13-9-30-10-14-34/h2-3,5,7,16-17,21,30H,4,6,8-14,18-19H2,1H3/t21-/m0/s1. The van der Waals surface area contributed by atoms with E-state index in [0.717, 1.165) is 74.6 Å². The van der Waals surface area contributed by atoms with Crippen molar-refractivity contribution in [2.75, 3.05) is 62.7 Å². The number of aromatic nitrogens is 2. The van der Waals surface area contributed by atoms with E-state index in [1.54, 1.807) is 0 Å². The second-order valence-electron chi connectivity index (χ2n) is 10.1. The monoisotopic (exact) mass is 483 g/mol. The molecule has 3 aliphatic rings. The average molecular weight is 484 g/mol. The summed E-state index contributed by atoms with van der Waals surface area (Å²) in [5.74, 6) is 1.49. The summed E-state index contributed by atoms with van der Waals surface area (Å²) in [6, 6.07) is 11.2. The zero-order chi connectivity index (χ0) is 24.5. The third kappa shape index (κ3) is 4.23. The molecule has 0 amide bonds. The number of nitrogens with one attached hydrogen (secondary N) is 1. The number of nitriles is 1. The first-order valence-corrected chi connectivity index (χ1v) is 13.0. The molecule has 2 saturated heterocycles. The normalized spacial score (nSPS) is 20.4. The minimum atomic E-state index is 0.371. The van der Waals surface area contributed by atoms with Crippen LogP contribution in [0, 0.1) is 11.3 Å². The van der Waals surface area contributed by atoms with Crippen molar-refractivity contribution in [3.05, 3.63) is 53.3 Å². The molecule has 0 aliphatic carbocycles. The second kappa shape index (κ2) is 9.92. The third-order valence-corrected chi connectivity index (χ3v) is 7.94. The molecular formula is C28H33N7O. The largest absolute Gasteiger partial charge is 0.475 e. The van der Waals surface area contributed by atoms with Crippen LogP contribution < -0.4 is 19.9 Å². The Balaban J connectivity index is 1.39. The first-order valence-electron chi connectivity index (χ1n) is 13.0. The molecule has 1 atom stereocenters. The van der Waals surface area contributed by atoms with E-state index in [-0.39, 0.29) is 0 Å². The highest BCUT2D eigenvalue weighted by molar-refractivity contribution is 5.93. The van der Waals surface area contributed by atoms with Crippen molar-refractivity contribution in [2.24, 2.45) is 0 Å². The predicted molar refractivity (Wildman–Crippen MR) is 142 cm³/mol. The zero-order valence-electron chi connectivity index (χ0n) is 20.9. The molecule has 0 saturated carbocycles. The Labute approximate surface area is 212 Å². The number of nitrogens with zero attached hydrogens (tertiary/aromatic N) is 6. The van der Waals surface area contributed by atoms with Gasteiger partial charge in [-0.05, 0) is 32.9 Å². The van der Waals surface area contributed by atoms with Crippen LogP contribution in [0.25, 0.3) is 10.8 Å². The number of pyridine rings is 2. The summed E-state index contributed by atoms with van der Waals surface area (Å²) >= 11 is 0. The van der Waals surface area contributed by atoms with Gasteiger partial charge in [0.25, 0.3) is 0 Å². The van der Waals surface area contributed by atoms with Gasteiger partial charge in [-0.15, -0.1) is 0 Å². The maximum Gasteiger partial charge on any atom is 0.234 e. The highest BCUT2D eigenvalue weighted by Gasteiger charge is 2.30. The molecule has 3 aromatic rings. The summed E-state index contributed by atoms with van der Waals surface area (Å²) in [7, 11) is 2.15. The van der Waals surface area contributed by atoms with E-state index >= 15 is 0 Å². The van der Waals surface area contributed by atoms with Gasteiger partial charge in [-0.3, -0.25) is 4.98 Å².